The summed E-state index contributed by atoms with van der Waals surface area (Å²) in [5, 5.41) is 18.2. The zero-order chi connectivity index (χ0) is 31.1. The van der Waals surface area contributed by atoms with Gasteiger partial charge >= 0.3 is 5.97 Å². The molecule has 2 N–H and O–H groups in total. The second-order valence-corrected chi connectivity index (χ2v) is 13.9. The Morgan fingerprint density at radius 1 is 1.11 bits per heavy atom. The summed E-state index contributed by atoms with van der Waals surface area (Å²) < 4.78 is 21.8. The maximum atomic E-state index is 13.3. The van der Waals surface area contributed by atoms with Gasteiger partial charge in [-0.25, -0.2) is 4.79 Å². The van der Waals surface area contributed by atoms with Gasteiger partial charge in [-0.15, -0.1) is 0 Å². The summed E-state index contributed by atoms with van der Waals surface area (Å²) in [4.78, 5) is 25.6. The minimum absolute atomic E-state index is 0.0520. The van der Waals surface area contributed by atoms with E-state index in [1.54, 1.807) is 18.8 Å². The van der Waals surface area contributed by atoms with Crippen LogP contribution in [0.25, 0.3) is 33.8 Å². The third-order valence-electron chi connectivity index (χ3n) is 8.93. The van der Waals surface area contributed by atoms with Gasteiger partial charge in [-0.3, -0.25) is 13.7 Å². The van der Waals surface area contributed by atoms with Gasteiger partial charge in [0.2, 0.25) is 0 Å². The average Bonchev–Trinajstić information content (AvgIpc) is 3.51. The van der Waals surface area contributed by atoms with Crippen molar-refractivity contribution in [3.05, 3.63) is 70.5 Å². The van der Waals surface area contributed by atoms with E-state index in [1.165, 1.54) is 31.0 Å². The minimum atomic E-state index is -1.17. The highest BCUT2D eigenvalue weighted by molar-refractivity contribution is 7.85. The Bertz CT molecular complexity index is 1830. The molecule has 1 amide bonds. The first-order valence-electron chi connectivity index (χ1n) is 15.1. The molecule has 2 aromatic heterocycles. The van der Waals surface area contributed by atoms with Gasteiger partial charge in [0.15, 0.2) is 0 Å². The number of nitrogens with one attached hydrogen (secondary N) is 1. The molecule has 10 heteroatoms. The maximum Gasteiger partial charge on any atom is 0.339 e. The number of hydrogen-bond acceptors (Lipinski definition) is 5. The topological polar surface area (TPSA) is 115 Å². The van der Waals surface area contributed by atoms with E-state index in [9.17, 15) is 18.9 Å². The number of methoxy groups -OCH3 is 1. The monoisotopic (exact) mass is 614 g/mol. The third-order valence-corrected chi connectivity index (χ3v) is 10.4. The Labute approximate surface area is 259 Å². The molecule has 0 bridgehead atoms. The number of carboxylic acid groups (broad SMARTS) is 1. The number of aromatic nitrogens is 3. The number of carboxylic acids is 1. The standard InChI is InChI=1S/C34H38N4O5S/c1-20(2)44(42)19-35-33(39)22-10-12-27-29(16-22)38-18-24(31-28(34(40)41)17-36-37(31)3)14-23-15-25(43-4)11-13-26(23)32(38)30(27)21-8-6-5-7-9-21/h10-17,20-21H,5-9,18-19H2,1-4H3,(H,35,39)(H,40,41). The van der Waals surface area contributed by atoms with E-state index in [0.717, 1.165) is 46.1 Å². The van der Waals surface area contributed by atoms with Crippen molar-refractivity contribution in [2.75, 3.05) is 13.0 Å². The molecule has 9 nitrogen and oxygen atoms in total. The van der Waals surface area contributed by atoms with Gasteiger partial charge < -0.3 is 19.7 Å². The molecule has 0 spiro atoms. The number of aryl methyl sites for hydroxylation is 1. The molecule has 230 valence electrons. The van der Waals surface area contributed by atoms with Crippen LogP contribution in [0.15, 0.2) is 42.6 Å². The smallest absolute Gasteiger partial charge is 0.339 e. The van der Waals surface area contributed by atoms with Crippen LogP contribution in [0.5, 0.6) is 5.75 Å². The number of ether oxygens (including phenoxy) is 1. The number of carbonyl (C=O) groups is 2. The number of carbonyl (C=O) groups excluding carboxylic acids is 1. The van der Waals surface area contributed by atoms with Gasteiger partial charge in [0, 0.05) is 45.1 Å². The summed E-state index contributed by atoms with van der Waals surface area (Å²) in [7, 11) is 2.23. The summed E-state index contributed by atoms with van der Waals surface area (Å²) in [5.74, 6) is -0.149. The van der Waals surface area contributed by atoms with Crippen molar-refractivity contribution in [1.82, 2.24) is 19.7 Å². The molecule has 0 saturated heterocycles. The summed E-state index contributed by atoms with van der Waals surface area (Å²) >= 11 is 0. The first kappa shape index (κ1) is 29.9. The number of benzene rings is 2. The van der Waals surface area contributed by atoms with E-state index in [2.05, 4.69) is 27.1 Å². The number of hydrogen-bond donors (Lipinski definition) is 2. The largest absolute Gasteiger partial charge is 0.497 e. The lowest BCUT2D eigenvalue weighted by atomic mass is 9.81. The van der Waals surface area contributed by atoms with Crippen molar-refractivity contribution in [2.24, 2.45) is 7.05 Å². The number of fused-ring (bicyclic) bond motifs is 5. The molecule has 1 aliphatic heterocycles. The van der Waals surface area contributed by atoms with Crippen molar-refractivity contribution < 1.29 is 23.6 Å². The molecular weight excluding hydrogens is 576 g/mol. The molecule has 1 aliphatic carbocycles. The number of amides is 1. The first-order valence-corrected chi connectivity index (χ1v) is 16.5. The second-order valence-electron chi connectivity index (χ2n) is 12.0. The fraction of sp³-hybridized carbons (Fsp3) is 0.382. The van der Waals surface area contributed by atoms with Crippen LogP contribution in [-0.4, -0.2) is 53.8 Å². The van der Waals surface area contributed by atoms with Crippen molar-refractivity contribution in [2.45, 2.75) is 63.7 Å². The Morgan fingerprint density at radius 2 is 1.89 bits per heavy atom. The average molecular weight is 615 g/mol. The van der Waals surface area contributed by atoms with Crippen LogP contribution < -0.4 is 10.1 Å². The van der Waals surface area contributed by atoms with Crippen LogP contribution in [0.3, 0.4) is 0 Å². The molecule has 2 aromatic carbocycles. The number of allylic oxidation sites excluding steroid dienone is 1. The highest BCUT2D eigenvalue weighted by Crippen LogP contribution is 2.48. The summed E-state index contributed by atoms with van der Waals surface area (Å²) in [6.07, 6.45) is 9.17. The molecular formula is C34H38N4O5S. The molecule has 4 aromatic rings. The van der Waals surface area contributed by atoms with E-state index in [0.29, 0.717) is 29.5 Å². The lowest BCUT2D eigenvalue weighted by Gasteiger charge is -2.24. The zero-order valence-corrected chi connectivity index (χ0v) is 26.4. The van der Waals surface area contributed by atoms with Crippen LogP contribution in [0, 0.1) is 0 Å². The van der Waals surface area contributed by atoms with Crippen molar-refractivity contribution in [3.63, 3.8) is 0 Å². The summed E-state index contributed by atoms with van der Waals surface area (Å²) in [6.45, 7) is 4.12. The highest BCUT2D eigenvalue weighted by atomic mass is 32.2. The lowest BCUT2D eigenvalue weighted by Crippen LogP contribution is -2.29. The van der Waals surface area contributed by atoms with Crippen molar-refractivity contribution >= 4 is 45.2 Å². The summed E-state index contributed by atoms with van der Waals surface area (Å²) in [5.41, 5.74) is 7.20. The molecule has 6 rings (SSSR count). The van der Waals surface area contributed by atoms with Crippen LogP contribution >= 0.6 is 0 Å². The fourth-order valence-electron chi connectivity index (χ4n) is 6.71. The third kappa shape index (κ3) is 5.36. The van der Waals surface area contributed by atoms with E-state index in [-0.39, 0.29) is 22.6 Å². The van der Waals surface area contributed by atoms with Gasteiger partial charge in [-0.2, -0.15) is 5.10 Å². The van der Waals surface area contributed by atoms with E-state index >= 15 is 0 Å². The molecule has 1 saturated carbocycles. The van der Waals surface area contributed by atoms with E-state index in [4.69, 9.17) is 4.74 Å². The second kappa shape index (κ2) is 12.1. The summed E-state index contributed by atoms with van der Waals surface area (Å²) in [6, 6.07) is 11.9. The molecule has 44 heavy (non-hydrogen) atoms. The quantitative estimate of drug-likeness (QED) is 0.244. The Morgan fingerprint density at radius 3 is 2.59 bits per heavy atom. The molecule has 1 fully saturated rings. The SMILES string of the molecule is COc1ccc2c(c1)C=C(c1c(C(=O)O)cnn1C)Cn1c-2c(C2CCCCC2)c2ccc(C(=O)NCS(=O)C(C)C)cc21. The molecule has 3 heterocycles. The van der Waals surface area contributed by atoms with Crippen molar-refractivity contribution in [1.29, 1.82) is 0 Å². The highest BCUT2D eigenvalue weighted by Gasteiger charge is 2.31. The Hall–Kier alpha value is -4.18. The molecule has 1 unspecified atom stereocenters. The van der Waals surface area contributed by atoms with Crippen LogP contribution in [0.4, 0.5) is 0 Å². The molecule has 2 aliphatic rings. The lowest BCUT2D eigenvalue weighted by molar-refractivity contribution is 0.0696. The number of rotatable bonds is 8. The molecule has 1 atom stereocenters. The van der Waals surface area contributed by atoms with Crippen molar-refractivity contribution in [3.8, 4) is 17.0 Å². The van der Waals surface area contributed by atoms with E-state index < -0.39 is 16.8 Å². The maximum absolute atomic E-state index is 13.3. The van der Waals surface area contributed by atoms with Crippen LogP contribution in [0.1, 0.15) is 89.4 Å². The Kier molecular flexibility index (Phi) is 8.20. The fourth-order valence-corrected chi connectivity index (χ4v) is 7.31. The van der Waals surface area contributed by atoms with Gasteiger partial charge in [-0.1, -0.05) is 39.2 Å². The number of aromatic carboxylic acids is 1. The Balaban J connectivity index is 1.59. The zero-order valence-electron chi connectivity index (χ0n) is 25.6. The predicted molar refractivity (Wildman–Crippen MR) is 173 cm³/mol. The normalized spacial score (nSPS) is 15.8. The van der Waals surface area contributed by atoms with E-state index in [1.807, 2.05) is 44.2 Å². The minimum Gasteiger partial charge on any atom is -0.497 e. The van der Waals surface area contributed by atoms with Crippen LogP contribution in [-0.2, 0) is 24.4 Å². The molecule has 0 radical (unpaired) electrons. The van der Waals surface area contributed by atoms with Crippen LogP contribution in [0.2, 0.25) is 0 Å². The first-order chi connectivity index (χ1) is 21.2. The van der Waals surface area contributed by atoms with Gasteiger partial charge in [-0.05, 0) is 71.9 Å². The van der Waals surface area contributed by atoms with Gasteiger partial charge in [0.05, 0.1) is 37.1 Å². The predicted octanol–water partition coefficient (Wildman–Crippen LogP) is 6.19. The number of nitrogens with zero attached hydrogens (tertiary/aromatic N) is 3. The van der Waals surface area contributed by atoms with Gasteiger partial charge in [0.25, 0.3) is 5.91 Å². The van der Waals surface area contributed by atoms with Gasteiger partial charge in [0.1, 0.15) is 11.3 Å².